The lowest BCUT2D eigenvalue weighted by atomic mass is 9.84. The number of carboxylic acids is 1. The molecule has 2 aliphatic heterocycles. The van der Waals surface area contributed by atoms with Crippen molar-refractivity contribution in [1.82, 2.24) is 30.4 Å². The van der Waals surface area contributed by atoms with Crippen LogP contribution in [0.4, 0.5) is 14.4 Å². The third-order valence-electron chi connectivity index (χ3n) is 14.2. The molecule has 80 heavy (non-hydrogen) atoms. The molecule has 2 saturated carbocycles. The Hall–Kier alpha value is -2.63. The summed E-state index contributed by atoms with van der Waals surface area (Å²) in [5.41, 5.74) is 2.47. The molecule has 4 amide bonds. The van der Waals surface area contributed by atoms with Gasteiger partial charge < -0.3 is 44.8 Å². The van der Waals surface area contributed by atoms with Gasteiger partial charge in [-0.3, -0.25) is 19.3 Å². The molecule has 2 saturated heterocycles. The Labute approximate surface area is 542 Å². The van der Waals surface area contributed by atoms with Crippen LogP contribution in [0.1, 0.15) is 136 Å². The number of pyridine rings is 2. The molecule has 0 radical (unpaired) electrons. The zero-order chi connectivity index (χ0) is 52.8. The number of carboxylic acid groups (broad SMARTS) is 1. The van der Waals surface area contributed by atoms with Gasteiger partial charge in [0.15, 0.2) is 10.9 Å². The number of methoxy groups -OCH3 is 2. The Kier molecular flexibility index (Phi) is 37.0. The average Bonchev–Trinajstić information content (AvgIpc) is 3.91. The van der Waals surface area contributed by atoms with E-state index in [1.165, 1.54) is 20.6 Å². The van der Waals surface area contributed by atoms with Crippen LogP contribution in [0, 0.1) is 23.7 Å². The maximum absolute atomic E-state index is 13.8. The van der Waals surface area contributed by atoms with Gasteiger partial charge >= 0.3 is 24.2 Å². The van der Waals surface area contributed by atoms with Gasteiger partial charge in [0.2, 0.25) is 5.91 Å². The van der Waals surface area contributed by atoms with Gasteiger partial charge in [-0.2, -0.15) is 108 Å². The Balaban J connectivity index is -0.00000115. The molecule has 4 aliphatic rings. The number of rotatable bonds is 8. The zero-order valence-electron chi connectivity index (χ0n) is 46.6. The number of halogens is 2. The van der Waals surface area contributed by atoms with Crippen LogP contribution in [0.5, 0.6) is 0 Å². The number of aromatic amines is 2. The summed E-state index contributed by atoms with van der Waals surface area (Å²) >= 11 is 6.95. The van der Waals surface area contributed by atoms with Crippen molar-refractivity contribution in [3.05, 3.63) is 89.3 Å². The average molecular weight is 1400 g/mol. The molecule has 4 aromatic rings. The number of nitrogens with one attached hydrogen (secondary N) is 4. The Morgan fingerprint density at radius 3 is 1.35 bits per heavy atom. The first kappa shape index (κ1) is 81.6. The van der Waals surface area contributed by atoms with Crippen LogP contribution in [0.15, 0.2) is 67.1 Å². The number of fused-ring (bicyclic) bond motifs is 4. The number of alkyl carbamates (subject to hydrolysis) is 2. The van der Waals surface area contributed by atoms with Gasteiger partial charge in [0, 0.05) is 55.3 Å². The number of amides is 4. The van der Waals surface area contributed by atoms with E-state index in [1.54, 1.807) is 32.0 Å². The molecule has 0 bridgehead atoms. The predicted octanol–water partition coefficient (Wildman–Crippen LogP) is 11.4. The highest BCUT2D eigenvalue weighted by Crippen LogP contribution is 2.48. The van der Waals surface area contributed by atoms with Crippen molar-refractivity contribution in [2.75, 3.05) is 14.2 Å². The number of hydrogen-bond acceptors (Lipinski definition) is 10. The molecule has 17 nitrogen and oxygen atoms in total. The zero-order valence-corrected chi connectivity index (χ0v) is 57.8. The quantitative estimate of drug-likeness (QED) is 0.104. The second-order valence-electron chi connectivity index (χ2n) is 21.0. The van der Waals surface area contributed by atoms with Crippen molar-refractivity contribution < 1.29 is 43.3 Å². The minimum absolute atomic E-state index is 0. The van der Waals surface area contributed by atoms with Crippen LogP contribution < -0.4 is 21.5 Å². The molecule has 27 heteroatoms. The Morgan fingerprint density at radius 2 is 0.975 bits per heavy atom. The first-order valence-electron chi connectivity index (χ1n) is 24.9. The number of hydrogen-bond donors (Lipinski definition) is 5. The topological polar surface area (TPSA) is 230 Å². The van der Waals surface area contributed by atoms with Gasteiger partial charge in [-0.15, -0.1) is 0 Å². The summed E-state index contributed by atoms with van der Waals surface area (Å²) in [6.07, 6.45) is 8.80. The van der Waals surface area contributed by atoms with Gasteiger partial charge in [0.1, 0.15) is 17.7 Å². The van der Waals surface area contributed by atoms with Crippen LogP contribution in [-0.2, 0) is 23.8 Å². The van der Waals surface area contributed by atoms with Crippen molar-refractivity contribution in [3.8, 4) is 0 Å². The molecule has 2 aromatic carbocycles. The molecule has 8 rings (SSSR count). The third kappa shape index (κ3) is 20.6. The molecule has 5 N–H and O–H groups in total. The summed E-state index contributed by atoms with van der Waals surface area (Å²) in [5, 5.41) is 14.8. The predicted molar refractivity (Wildman–Crippen MR) is 365 cm³/mol. The maximum Gasteiger partial charge on any atom is 0.411 e. The summed E-state index contributed by atoms with van der Waals surface area (Å²) < 4.78 is 16.6. The van der Waals surface area contributed by atoms with E-state index in [2.05, 4.69) is 57.2 Å². The van der Waals surface area contributed by atoms with Gasteiger partial charge in [0.25, 0.3) is 0 Å². The highest BCUT2D eigenvalue weighted by molar-refractivity contribution is 9.10. The van der Waals surface area contributed by atoms with E-state index in [0.29, 0.717) is 22.6 Å². The lowest BCUT2D eigenvalue weighted by Gasteiger charge is -2.37. The summed E-state index contributed by atoms with van der Waals surface area (Å²) in [7, 11) is 2.49. The van der Waals surface area contributed by atoms with Gasteiger partial charge in [-0.05, 0) is 119 Å². The second kappa shape index (κ2) is 36.3. The molecule has 2 aromatic heterocycles. The fourth-order valence-electron chi connectivity index (χ4n) is 10.8. The van der Waals surface area contributed by atoms with Crippen LogP contribution in [0.25, 0.3) is 21.8 Å². The van der Waals surface area contributed by atoms with E-state index in [0.717, 1.165) is 89.2 Å². The largest absolute Gasteiger partial charge is 0.480 e. The number of carbonyl (C=O) groups is 5. The molecular formula is C53H86Br2N6O11S8. The molecule has 0 spiro atoms. The third-order valence-corrected chi connectivity index (χ3v) is 15.1. The monoisotopic (exact) mass is 1400 g/mol. The van der Waals surface area contributed by atoms with E-state index in [-0.39, 0.29) is 167 Å². The maximum atomic E-state index is 13.8. The van der Waals surface area contributed by atoms with Crippen LogP contribution in [-0.4, -0.2) is 99.0 Å². The highest BCUT2D eigenvalue weighted by atomic mass is 79.9. The van der Waals surface area contributed by atoms with Gasteiger partial charge in [0.05, 0.1) is 37.3 Å². The van der Waals surface area contributed by atoms with Crippen molar-refractivity contribution >= 4 is 192 Å². The Bertz CT molecular complexity index is 2770. The van der Waals surface area contributed by atoms with Crippen LogP contribution in [0.3, 0.4) is 0 Å². The number of H-pyrrole nitrogens is 2. The van der Waals surface area contributed by atoms with Crippen LogP contribution in [0.2, 0.25) is 0 Å². The summed E-state index contributed by atoms with van der Waals surface area (Å²) in [4.78, 5) is 96.3. The highest BCUT2D eigenvalue weighted by Gasteiger charge is 2.49. The SMILES string of the molecule is CC(C)(C)OC(=O)N1[C@H](c2cc(=O)c3ccc(Br)cc3[nH]2)C[C@@H]2CCCC[C@@H]21.COC(=O)N[C@H](C(=O)N1[C@H](c2cc(=O)c3ccc(Br)cc3[nH]2)C[C@@H]2CCCC[C@@H]21)C(C)C.COC(=O)N[C@H](C(=O)O)C(C)C.S.S.S.S.S.S.S.S. The number of aromatic nitrogens is 2. The smallest absolute Gasteiger partial charge is 0.411 e. The minimum Gasteiger partial charge on any atom is -0.480 e. The molecule has 4 heterocycles. The first-order valence-corrected chi connectivity index (χ1v) is 26.5. The number of benzene rings is 2. The van der Waals surface area contributed by atoms with Crippen molar-refractivity contribution in [2.45, 2.75) is 155 Å². The van der Waals surface area contributed by atoms with E-state index in [9.17, 15) is 33.6 Å². The molecule has 2 aliphatic carbocycles. The summed E-state index contributed by atoms with van der Waals surface area (Å²) in [5.74, 6) is -0.577. The van der Waals surface area contributed by atoms with Crippen LogP contribution >= 0.6 is 140 Å². The van der Waals surface area contributed by atoms with Crippen molar-refractivity contribution in [1.29, 1.82) is 0 Å². The first-order chi connectivity index (χ1) is 34.0. The Morgan fingerprint density at radius 1 is 0.600 bits per heavy atom. The van der Waals surface area contributed by atoms with E-state index >= 15 is 0 Å². The normalized spacial score (nSPS) is 20.1. The molecular weight excluding hydrogens is 1310 g/mol. The fourth-order valence-corrected chi connectivity index (χ4v) is 11.5. The molecule has 456 valence electrons. The lowest BCUT2D eigenvalue weighted by Crippen LogP contribution is -2.53. The van der Waals surface area contributed by atoms with Crippen molar-refractivity contribution in [2.24, 2.45) is 23.7 Å². The van der Waals surface area contributed by atoms with E-state index in [1.807, 2.05) is 74.8 Å². The van der Waals surface area contributed by atoms with E-state index < -0.39 is 35.8 Å². The summed E-state index contributed by atoms with van der Waals surface area (Å²) in [6, 6.07) is 12.8. The number of carbonyl (C=O) groups excluding carboxylic acids is 4. The number of nitrogens with zero attached hydrogens (tertiary/aromatic N) is 2. The number of ether oxygens (including phenoxy) is 3. The molecule has 8 atom stereocenters. The summed E-state index contributed by atoms with van der Waals surface area (Å²) in [6.45, 7) is 12.9. The van der Waals surface area contributed by atoms with E-state index in [4.69, 9.17) is 14.6 Å². The van der Waals surface area contributed by atoms with Crippen molar-refractivity contribution in [3.63, 3.8) is 0 Å². The van der Waals surface area contributed by atoms with Gasteiger partial charge in [-0.25, -0.2) is 19.2 Å². The lowest BCUT2D eigenvalue weighted by molar-refractivity contribution is -0.140. The standard InChI is InChI=1S/C24H30BrN3O4.C22H27BrN2O3.C7H13NO4.8H2S/c1-13(2)22(27-24(31)32-3)23(30)28-19-7-5-4-6-14(19)10-20(28)18-12-21(29)16-9-8-15(25)11-17(16)26-18;1-22(2,3)28-21(27)25-18-7-5-4-6-13(18)10-19(25)17-12-20(26)15-9-8-14(23)11-16(15)24-17;1-4(2)5(6(9)10)8-7(11)12-3;;;;;;;;/h8-9,11-14,19-20,22H,4-7,10H2,1-3H3,(H,26,29)(H,27,31);8-9,11-13,18-19H,4-7,10H2,1-3H3,(H,24,26);4-5H,1-3H3,(H,8,11)(H,9,10);8*1H2/t14-,19-,20-,22-;13-,18-,19-;5-;;;;;;;;/m000......../s1. The number of likely N-dealkylation sites (tertiary alicyclic amines) is 2. The fraction of sp³-hybridized carbons (Fsp3) is 0.566. The number of aliphatic carboxylic acids is 1. The molecule has 4 fully saturated rings. The second-order valence-corrected chi connectivity index (χ2v) is 22.8. The minimum atomic E-state index is -1.06. The van der Waals surface area contributed by atoms with Gasteiger partial charge in [-0.1, -0.05) is 85.2 Å². The molecule has 0 unspecified atom stereocenters.